The predicted octanol–water partition coefficient (Wildman–Crippen LogP) is 6.13. The Balaban J connectivity index is 1.67. The molecule has 7 heteroatoms. The fourth-order valence-corrected chi connectivity index (χ4v) is 4.35. The van der Waals surface area contributed by atoms with Crippen molar-refractivity contribution in [3.63, 3.8) is 0 Å². The number of carbonyl (C=O) groups excluding carboxylic acids is 2. The first-order valence-corrected chi connectivity index (χ1v) is 9.87. The Labute approximate surface area is 171 Å². The second kappa shape index (κ2) is 8.30. The molecule has 1 N–H and O–H groups in total. The smallest absolute Gasteiger partial charge is 0.350 e. The van der Waals surface area contributed by atoms with Gasteiger partial charge in [0.25, 0.3) is 5.91 Å². The van der Waals surface area contributed by atoms with Gasteiger partial charge < -0.3 is 10.1 Å². The van der Waals surface area contributed by atoms with Gasteiger partial charge in [-0.25, -0.2) is 4.79 Å². The van der Waals surface area contributed by atoms with Gasteiger partial charge in [-0.3, -0.25) is 4.79 Å². The fraction of sp³-hybridized carbons (Fsp3) is 0.200. The SMILES string of the molecule is CC(C)c1ccccc1NC(=O)COC(=O)c1sc2cc(Cl)ccc2c1Cl. The molecular weight excluding hydrogens is 405 g/mol. The molecule has 0 saturated carbocycles. The first-order valence-electron chi connectivity index (χ1n) is 8.30. The summed E-state index contributed by atoms with van der Waals surface area (Å²) in [6.45, 7) is 3.69. The Hall–Kier alpha value is -2.08. The summed E-state index contributed by atoms with van der Waals surface area (Å²) in [5.41, 5.74) is 1.73. The summed E-state index contributed by atoms with van der Waals surface area (Å²) in [5, 5.41) is 4.38. The third kappa shape index (κ3) is 4.43. The van der Waals surface area contributed by atoms with Gasteiger partial charge in [0, 0.05) is 20.8 Å². The van der Waals surface area contributed by atoms with Crippen LogP contribution in [0.3, 0.4) is 0 Å². The number of hydrogen-bond acceptors (Lipinski definition) is 4. The van der Waals surface area contributed by atoms with Crippen LogP contribution in [0.15, 0.2) is 42.5 Å². The van der Waals surface area contributed by atoms with E-state index in [9.17, 15) is 9.59 Å². The summed E-state index contributed by atoms with van der Waals surface area (Å²) < 4.78 is 5.93. The molecule has 0 aliphatic heterocycles. The molecule has 27 heavy (non-hydrogen) atoms. The van der Waals surface area contributed by atoms with Crippen molar-refractivity contribution in [2.24, 2.45) is 0 Å². The van der Waals surface area contributed by atoms with Crippen LogP contribution in [0.2, 0.25) is 10.0 Å². The van der Waals surface area contributed by atoms with Crippen LogP contribution in [-0.2, 0) is 9.53 Å². The number of benzene rings is 2. The zero-order valence-corrected chi connectivity index (χ0v) is 17.0. The molecule has 1 amide bonds. The number of rotatable bonds is 5. The molecule has 3 aromatic rings. The quantitative estimate of drug-likeness (QED) is 0.504. The standard InChI is InChI=1S/C20H17Cl2NO3S/c1-11(2)13-5-3-4-6-15(13)23-17(24)10-26-20(25)19-18(22)14-8-7-12(21)9-16(14)27-19/h3-9,11H,10H2,1-2H3,(H,23,24). The molecule has 0 atom stereocenters. The van der Waals surface area contributed by atoms with Crippen molar-refractivity contribution in [2.45, 2.75) is 19.8 Å². The van der Waals surface area contributed by atoms with Gasteiger partial charge in [0.15, 0.2) is 6.61 Å². The van der Waals surface area contributed by atoms with E-state index in [1.165, 1.54) is 11.3 Å². The lowest BCUT2D eigenvalue weighted by Crippen LogP contribution is -2.21. The highest BCUT2D eigenvalue weighted by atomic mass is 35.5. The molecule has 3 rings (SSSR count). The van der Waals surface area contributed by atoms with E-state index in [4.69, 9.17) is 27.9 Å². The van der Waals surface area contributed by atoms with Crippen molar-refractivity contribution < 1.29 is 14.3 Å². The summed E-state index contributed by atoms with van der Waals surface area (Å²) in [4.78, 5) is 24.8. The molecule has 0 bridgehead atoms. The number of anilines is 1. The molecular formula is C20H17Cl2NO3S. The van der Waals surface area contributed by atoms with Crippen LogP contribution in [0.4, 0.5) is 5.69 Å². The highest BCUT2D eigenvalue weighted by molar-refractivity contribution is 7.21. The number of hydrogen-bond donors (Lipinski definition) is 1. The van der Waals surface area contributed by atoms with Gasteiger partial charge in [0.1, 0.15) is 4.88 Å². The molecule has 0 spiro atoms. The summed E-state index contributed by atoms with van der Waals surface area (Å²) in [5.74, 6) is -0.783. The van der Waals surface area contributed by atoms with Crippen molar-refractivity contribution in [1.29, 1.82) is 0 Å². The molecule has 4 nitrogen and oxygen atoms in total. The molecule has 0 aliphatic carbocycles. The maximum Gasteiger partial charge on any atom is 0.350 e. The lowest BCUT2D eigenvalue weighted by Gasteiger charge is -2.13. The minimum Gasteiger partial charge on any atom is -0.451 e. The summed E-state index contributed by atoms with van der Waals surface area (Å²) >= 11 is 13.4. The van der Waals surface area contributed by atoms with Gasteiger partial charge in [-0.15, -0.1) is 11.3 Å². The first kappa shape index (κ1) is 19.7. The summed E-state index contributed by atoms with van der Waals surface area (Å²) in [6.07, 6.45) is 0. The maximum absolute atomic E-state index is 12.3. The van der Waals surface area contributed by atoms with Crippen molar-refractivity contribution in [2.75, 3.05) is 11.9 Å². The number of amides is 1. The Bertz CT molecular complexity index is 1010. The minimum absolute atomic E-state index is 0.254. The third-order valence-corrected chi connectivity index (χ3v) is 5.84. The molecule has 0 aliphatic rings. The van der Waals surface area contributed by atoms with Gasteiger partial charge in [-0.1, -0.05) is 61.3 Å². The van der Waals surface area contributed by atoms with E-state index in [-0.39, 0.29) is 10.8 Å². The number of nitrogens with one attached hydrogen (secondary N) is 1. The molecule has 1 aromatic heterocycles. The second-order valence-corrected chi connectivity index (χ2v) is 8.12. The van der Waals surface area contributed by atoms with Crippen LogP contribution in [0.5, 0.6) is 0 Å². The zero-order chi connectivity index (χ0) is 19.6. The van der Waals surface area contributed by atoms with Crippen LogP contribution < -0.4 is 5.32 Å². The molecule has 140 valence electrons. The Morgan fingerprint density at radius 3 is 2.63 bits per heavy atom. The van der Waals surface area contributed by atoms with Crippen molar-refractivity contribution in [3.8, 4) is 0 Å². The number of fused-ring (bicyclic) bond motifs is 1. The number of ether oxygens (including phenoxy) is 1. The maximum atomic E-state index is 12.3. The van der Waals surface area contributed by atoms with E-state index in [0.717, 1.165) is 15.6 Å². The van der Waals surface area contributed by atoms with E-state index in [0.29, 0.717) is 15.7 Å². The Kier molecular flexibility index (Phi) is 6.05. The van der Waals surface area contributed by atoms with Gasteiger partial charge in [-0.2, -0.15) is 0 Å². The lowest BCUT2D eigenvalue weighted by molar-refractivity contribution is -0.119. The molecule has 2 aromatic carbocycles. The molecule has 1 heterocycles. The number of thiophene rings is 1. The van der Waals surface area contributed by atoms with Gasteiger partial charge >= 0.3 is 5.97 Å². The minimum atomic E-state index is -0.635. The topological polar surface area (TPSA) is 55.4 Å². The zero-order valence-electron chi connectivity index (χ0n) is 14.7. The van der Waals surface area contributed by atoms with Crippen molar-refractivity contribution >= 4 is 62.2 Å². The second-order valence-electron chi connectivity index (χ2n) is 6.25. The molecule has 0 unspecified atom stereocenters. The monoisotopic (exact) mass is 421 g/mol. The van der Waals surface area contributed by atoms with E-state index in [1.54, 1.807) is 18.2 Å². The van der Waals surface area contributed by atoms with Gasteiger partial charge in [-0.05, 0) is 29.7 Å². The van der Waals surface area contributed by atoms with Crippen molar-refractivity contribution in [3.05, 3.63) is 63.0 Å². The van der Waals surface area contributed by atoms with Gasteiger partial charge in [0.2, 0.25) is 0 Å². The molecule has 0 saturated heterocycles. The fourth-order valence-electron chi connectivity index (χ4n) is 2.67. The van der Waals surface area contributed by atoms with E-state index in [1.807, 2.05) is 38.1 Å². The highest BCUT2D eigenvalue weighted by Gasteiger charge is 2.20. The average molecular weight is 422 g/mol. The number of para-hydroxylation sites is 1. The normalized spacial score (nSPS) is 11.0. The average Bonchev–Trinajstić information content (AvgIpc) is 2.96. The lowest BCUT2D eigenvalue weighted by atomic mass is 10.0. The molecule has 0 fully saturated rings. The van der Waals surface area contributed by atoms with Crippen LogP contribution >= 0.6 is 34.5 Å². The Morgan fingerprint density at radius 2 is 1.89 bits per heavy atom. The third-order valence-electron chi connectivity index (χ3n) is 3.97. The van der Waals surface area contributed by atoms with E-state index >= 15 is 0 Å². The predicted molar refractivity (Wildman–Crippen MR) is 111 cm³/mol. The van der Waals surface area contributed by atoms with E-state index in [2.05, 4.69) is 5.32 Å². The first-order chi connectivity index (χ1) is 12.9. The number of carbonyl (C=O) groups is 2. The van der Waals surface area contributed by atoms with Gasteiger partial charge in [0.05, 0.1) is 5.02 Å². The molecule has 0 radical (unpaired) electrons. The van der Waals surface area contributed by atoms with Crippen LogP contribution in [0.25, 0.3) is 10.1 Å². The largest absolute Gasteiger partial charge is 0.451 e. The van der Waals surface area contributed by atoms with Crippen LogP contribution in [-0.4, -0.2) is 18.5 Å². The number of halogens is 2. The van der Waals surface area contributed by atoms with Crippen molar-refractivity contribution in [1.82, 2.24) is 0 Å². The van der Waals surface area contributed by atoms with Crippen LogP contribution in [0, 0.1) is 0 Å². The number of esters is 1. The Morgan fingerprint density at radius 1 is 1.15 bits per heavy atom. The summed E-state index contributed by atoms with van der Waals surface area (Å²) in [6, 6.07) is 12.7. The highest BCUT2D eigenvalue weighted by Crippen LogP contribution is 2.37. The van der Waals surface area contributed by atoms with E-state index < -0.39 is 18.5 Å². The summed E-state index contributed by atoms with van der Waals surface area (Å²) in [7, 11) is 0. The van der Waals surface area contributed by atoms with Crippen LogP contribution in [0.1, 0.15) is 35.0 Å².